The molecule has 1 nitrogen and oxygen atoms in total. The monoisotopic (exact) mass is 245 g/mol. The summed E-state index contributed by atoms with van der Waals surface area (Å²) in [5, 5.41) is 5.70. The van der Waals surface area contributed by atoms with Crippen molar-refractivity contribution in [1.29, 1.82) is 0 Å². The molecule has 2 aromatic rings. The average Bonchev–Trinajstić information content (AvgIpc) is 2.89. The van der Waals surface area contributed by atoms with Crippen molar-refractivity contribution in [3.05, 3.63) is 58.3 Å². The number of rotatable bonds is 6. The van der Waals surface area contributed by atoms with Crippen LogP contribution in [0.15, 0.2) is 47.8 Å². The Morgan fingerprint density at radius 1 is 1.12 bits per heavy atom. The first-order valence-corrected chi connectivity index (χ1v) is 7.05. The molecule has 90 valence electrons. The number of aryl methyl sites for hydroxylation is 1. The van der Waals surface area contributed by atoms with E-state index in [1.807, 2.05) is 11.3 Å². The zero-order valence-electron chi connectivity index (χ0n) is 10.2. The van der Waals surface area contributed by atoms with Crippen molar-refractivity contribution >= 4 is 11.3 Å². The molecule has 2 rings (SSSR count). The van der Waals surface area contributed by atoms with Crippen molar-refractivity contribution in [3.63, 3.8) is 0 Å². The van der Waals surface area contributed by atoms with Crippen LogP contribution in [0, 0.1) is 0 Å². The zero-order valence-corrected chi connectivity index (χ0v) is 11.0. The molecule has 1 aromatic heterocycles. The Morgan fingerprint density at radius 3 is 2.65 bits per heavy atom. The van der Waals surface area contributed by atoms with Crippen molar-refractivity contribution in [3.8, 4) is 0 Å². The van der Waals surface area contributed by atoms with Gasteiger partial charge in [-0.2, -0.15) is 0 Å². The number of nitrogens with one attached hydrogen (secondary N) is 1. The van der Waals surface area contributed by atoms with E-state index in [1.54, 1.807) is 0 Å². The van der Waals surface area contributed by atoms with Crippen LogP contribution in [0.5, 0.6) is 0 Å². The molecule has 2 heteroatoms. The smallest absolute Gasteiger partial charge is 0.0386 e. The quantitative estimate of drug-likeness (QED) is 0.758. The summed E-state index contributed by atoms with van der Waals surface area (Å²) >= 11 is 1.82. The van der Waals surface area contributed by atoms with Crippen molar-refractivity contribution in [2.75, 3.05) is 6.54 Å². The van der Waals surface area contributed by atoms with Crippen LogP contribution < -0.4 is 5.32 Å². The maximum absolute atomic E-state index is 3.57. The highest BCUT2D eigenvalue weighted by atomic mass is 32.1. The van der Waals surface area contributed by atoms with E-state index in [4.69, 9.17) is 0 Å². The molecule has 0 bridgehead atoms. The number of benzene rings is 1. The Kier molecular flexibility index (Phi) is 4.77. The Morgan fingerprint density at radius 2 is 1.94 bits per heavy atom. The first-order chi connectivity index (χ1) is 8.36. The Labute approximate surface area is 108 Å². The predicted molar refractivity (Wildman–Crippen MR) is 75.5 cm³/mol. The van der Waals surface area contributed by atoms with E-state index in [2.05, 4.69) is 60.1 Å². The zero-order chi connectivity index (χ0) is 11.9. The Balaban J connectivity index is 1.67. The molecule has 0 unspecified atom stereocenters. The Bertz CT molecular complexity index is 408. The normalized spacial score (nSPS) is 12.5. The van der Waals surface area contributed by atoms with Gasteiger partial charge in [0.15, 0.2) is 0 Å². The van der Waals surface area contributed by atoms with E-state index in [1.165, 1.54) is 16.9 Å². The highest BCUT2D eigenvalue weighted by molar-refractivity contribution is 7.10. The van der Waals surface area contributed by atoms with E-state index < -0.39 is 0 Å². The van der Waals surface area contributed by atoms with Crippen LogP contribution in [0.2, 0.25) is 0 Å². The standard InChI is InChI=1S/C15H19NS/c1-13(15-10-6-12-17-15)16-11-5-9-14-7-3-2-4-8-14/h2-4,6-8,10,12-13,16H,5,9,11H2,1H3/t13-/m0/s1. The summed E-state index contributed by atoms with van der Waals surface area (Å²) < 4.78 is 0. The van der Waals surface area contributed by atoms with Crippen LogP contribution in [0.3, 0.4) is 0 Å². The van der Waals surface area contributed by atoms with E-state index in [-0.39, 0.29) is 0 Å². The van der Waals surface area contributed by atoms with Gasteiger partial charge in [-0.15, -0.1) is 11.3 Å². The fourth-order valence-corrected chi connectivity index (χ4v) is 2.65. The summed E-state index contributed by atoms with van der Waals surface area (Å²) in [5.41, 5.74) is 1.43. The third kappa shape index (κ3) is 3.99. The van der Waals surface area contributed by atoms with Crippen LogP contribution in [0.4, 0.5) is 0 Å². The third-order valence-corrected chi connectivity index (χ3v) is 3.96. The highest BCUT2D eigenvalue weighted by Crippen LogP contribution is 2.17. The summed E-state index contributed by atoms with van der Waals surface area (Å²) in [6, 6.07) is 15.5. The van der Waals surface area contributed by atoms with Gasteiger partial charge in [-0.1, -0.05) is 36.4 Å². The van der Waals surface area contributed by atoms with Gasteiger partial charge in [0.2, 0.25) is 0 Å². The number of hydrogen-bond acceptors (Lipinski definition) is 2. The van der Waals surface area contributed by atoms with Gasteiger partial charge in [-0.3, -0.25) is 0 Å². The van der Waals surface area contributed by atoms with Gasteiger partial charge in [0, 0.05) is 10.9 Å². The lowest BCUT2D eigenvalue weighted by Crippen LogP contribution is -2.19. The molecule has 0 radical (unpaired) electrons. The first-order valence-electron chi connectivity index (χ1n) is 6.17. The second-order valence-electron chi connectivity index (χ2n) is 4.28. The molecule has 1 N–H and O–H groups in total. The minimum absolute atomic E-state index is 0.478. The van der Waals surface area contributed by atoms with Crippen LogP contribution >= 0.6 is 11.3 Å². The predicted octanol–water partition coefficient (Wildman–Crippen LogP) is 4.03. The second kappa shape index (κ2) is 6.58. The summed E-state index contributed by atoms with van der Waals surface area (Å²) in [6.45, 7) is 3.31. The molecule has 0 saturated carbocycles. The third-order valence-electron chi connectivity index (χ3n) is 2.91. The van der Waals surface area contributed by atoms with Gasteiger partial charge in [0.05, 0.1) is 0 Å². The molecule has 0 aliphatic heterocycles. The molecular formula is C15H19NS. The average molecular weight is 245 g/mol. The molecule has 1 atom stereocenters. The minimum Gasteiger partial charge on any atom is -0.309 e. The highest BCUT2D eigenvalue weighted by Gasteiger charge is 2.04. The molecular weight excluding hydrogens is 226 g/mol. The first kappa shape index (κ1) is 12.3. The maximum atomic E-state index is 3.57. The molecule has 0 aliphatic carbocycles. The van der Waals surface area contributed by atoms with Crippen LogP contribution in [0.1, 0.15) is 29.8 Å². The van der Waals surface area contributed by atoms with Gasteiger partial charge in [-0.05, 0) is 43.3 Å². The molecule has 0 spiro atoms. The van der Waals surface area contributed by atoms with Gasteiger partial charge in [-0.25, -0.2) is 0 Å². The van der Waals surface area contributed by atoms with Crippen molar-refractivity contribution < 1.29 is 0 Å². The summed E-state index contributed by atoms with van der Waals surface area (Å²) in [4.78, 5) is 1.42. The fraction of sp³-hybridized carbons (Fsp3) is 0.333. The maximum Gasteiger partial charge on any atom is 0.0386 e. The lowest BCUT2D eigenvalue weighted by Gasteiger charge is -2.11. The molecule has 17 heavy (non-hydrogen) atoms. The van der Waals surface area contributed by atoms with Crippen LogP contribution in [0.25, 0.3) is 0 Å². The van der Waals surface area contributed by atoms with Crippen LogP contribution in [-0.2, 0) is 6.42 Å². The van der Waals surface area contributed by atoms with Gasteiger partial charge >= 0.3 is 0 Å². The van der Waals surface area contributed by atoms with Gasteiger partial charge in [0.1, 0.15) is 0 Å². The molecule has 0 saturated heterocycles. The molecule has 0 aliphatic rings. The SMILES string of the molecule is C[C@H](NCCCc1ccccc1)c1cccs1. The lowest BCUT2D eigenvalue weighted by molar-refractivity contribution is 0.565. The number of thiophene rings is 1. The molecule has 0 fully saturated rings. The van der Waals surface area contributed by atoms with Gasteiger partial charge < -0.3 is 5.32 Å². The van der Waals surface area contributed by atoms with E-state index in [0.29, 0.717) is 6.04 Å². The van der Waals surface area contributed by atoms with E-state index in [9.17, 15) is 0 Å². The lowest BCUT2D eigenvalue weighted by atomic mass is 10.1. The minimum atomic E-state index is 0.478. The molecule has 0 amide bonds. The largest absolute Gasteiger partial charge is 0.309 e. The molecule has 1 aromatic carbocycles. The summed E-state index contributed by atoms with van der Waals surface area (Å²) in [5.74, 6) is 0. The Hall–Kier alpha value is -1.12. The van der Waals surface area contributed by atoms with E-state index >= 15 is 0 Å². The summed E-state index contributed by atoms with van der Waals surface area (Å²) in [6.07, 6.45) is 2.35. The number of hydrogen-bond donors (Lipinski definition) is 1. The van der Waals surface area contributed by atoms with Crippen molar-refractivity contribution in [1.82, 2.24) is 5.32 Å². The molecule has 1 heterocycles. The van der Waals surface area contributed by atoms with E-state index in [0.717, 1.165) is 13.0 Å². The van der Waals surface area contributed by atoms with Crippen molar-refractivity contribution in [2.24, 2.45) is 0 Å². The second-order valence-corrected chi connectivity index (χ2v) is 5.26. The fourth-order valence-electron chi connectivity index (χ4n) is 1.89. The summed E-state index contributed by atoms with van der Waals surface area (Å²) in [7, 11) is 0. The van der Waals surface area contributed by atoms with Crippen LogP contribution in [-0.4, -0.2) is 6.54 Å². The topological polar surface area (TPSA) is 12.0 Å². The van der Waals surface area contributed by atoms with Gasteiger partial charge in [0.25, 0.3) is 0 Å². The van der Waals surface area contributed by atoms with Crippen molar-refractivity contribution in [2.45, 2.75) is 25.8 Å².